The third kappa shape index (κ3) is 4.99. The predicted octanol–water partition coefficient (Wildman–Crippen LogP) is 2.43. The van der Waals surface area contributed by atoms with Crippen LogP contribution in [0.2, 0.25) is 0 Å². The van der Waals surface area contributed by atoms with Crippen LogP contribution in [0.4, 0.5) is 4.39 Å². The van der Waals surface area contributed by atoms with Crippen molar-refractivity contribution in [1.82, 2.24) is 9.80 Å². The second-order valence-corrected chi connectivity index (χ2v) is 6.54. The van der Waals surface area contributed by atoms with Crippen molar-refractivity contribution in [3.05, 3.63) is 59.4 Å². The molecule has 0 saturated carbocycles. The summed E-state index contributed by atoms with van der Waals surface area (Å²) in [6, 6.07) is 13.2. The molecule has 1 amide bonds. The Bertz CT molecular complexity index is 856. The molecule has 1 heterocycles. The van der Waals surface area contributed by atoms with E-state index >= 15 is 0 Å². The average Bonchev–Trinajstić information content (AvgIpc) is 2.73. The Morgan fingerprint density at radius 1 is 1.14 bits per heavy atom. The monoisotopic (exact) mass is 383 g/mol. The first-order valence-corrected chi connectivity index (χ1v) is 9.04. The maximum absolute atomic E-state index is 13.5. The number of hydrogen-bond donors (Lipinski definition) is 0. The molecule has 146 valence electrons. The number of methoxy groups -OCH3 is 1. The molecule has 1 fully saturated rings. The lowest BCUT2D eigenvalue weighted by molar-refractivity contribution is -0.135. The van der Waals surface area contributed by atoms with Gasteiger partial charge in [0.25, 0.3) is 5.91 Å². The zero-order chi connectivity index (χ0) is 19.9. The van der Waals surface area contributed by atoms with Gasteiger partial charge in [-0.1, -0.05) is 0 Å². The zero-order valence-corrected chi connectivity index (χ0v) is 15.7. The Hall–Kier alpha value is -3.11. The SMILES string of the molecule is COc1ccc(F)cc1CN1CCN(C(=O)COc2ccc(C#N)cc2)CC1. The van der Waals surface area contributed by atoms with Gasteiger partial charge in [-0.15, -0.1) is 0 Å². The van der Waals surface area contributed by atoms with E-state index < -0.39 is 0 Å². The number of carbonyl (C=O) groups excluding carboxylic acids is 1. The second kappa shape index (κ2) is 9.20. The number of halogens is 1. The molecule has 1 aliphatic heterocycles. The van der Waals surface area contributed by atoms with E-state index in [1.807, 2.05) is 6.07 Å². The summed E-state index contributed by atoms with van der Waals surface area (Å²) < 4.78 is 24.3. The standard InChI is InChI=1S/C21H22FN3O3/c1-27-20-7-4-18(22)12-17(20)14-24-8-10-25(11-9-24)21(26)15-28-19-5-2-16(13-23)3-6-19/h2-7,12H,8-11,14-15H2,1H3. The highest BCUT2D eigenvalue weighted by Crippen LogP contribution is 2.21. The third-order valence-corrected chi connectivity index (χ3v) is 4.71. The molecule has 0 radical (unpaired) electrons. The summed E-state index contributed by atoms with van der Waals surface area (Å²) in [5, 5.41) is 8.79. The molecule has 28 heavy (non-hydrogen) atoms. The van der Waals surface area contributed by atoms with Crippen molar-refractivity contribution in [3.63, 3.8) is 0 Å². The fourth-order valence-electron chi connectivity index (χ4n) is 3.13. The molecule has 2 aromatic rings. The lowest BCUT2D eigenvalue weighted by Crippen LogP contribution is -2.49. The number of rotatable bonds is 6. The van der Waals surface area contributed by atoms with Gasteiger partial charge >= 0.3 is 0 Å². The van der Waals surface area contributed by atoms with Crippen molar-refractivity contribution in [2.75, 3.05) is 39.9 Å². The number of carbonyl (C=O) groups is 1. The van der Waals surface area contributed by atoms with Crippen LogP contribution in [0.15, 0.2) is 42.5 Å². The van der Waals surface area contributed by atoms with Crippen molar-refractivity contribution in [2.45, 2.75) is 6.54 Å². The van der Waals surface area contributed by atoms with Crippen LogP contribution in [0.3, 0.4) is 0 Å². The molecule has 1 saturated heterocycles. The number of nitriles is 1. The van der Waals surface area contributed by atoms with E-state index in [1.165, 1.54) is 12.1 Å². The summed E-state index contributed by atoms with van der Waals surface area (Å²) in [4.78, 5) is 16.3. The number of benzene rings is 2. The van der Waals surface area contributed by atoms with E-state index in [0.29, 0.717) is 49.8 Å². The predicted molar refractivity (Wildman–Crippen MR) is 101 cm³/mol. The average molecular weight is 383 g/mol. The Morgan fingerprint density at radius 3 is 2.50 bits per heavy atom. The Kier molecular flexibility index (Phi) is 6.45. The van der Waals surface area contributed by atoms with Gasteiger partial charge in [0.1, 0.15) is 17.3 Å². The lowest BCUT2D eigenvalue weighted by Gasteiger charge is -2.34. The number of amides is 1. The highest BCUT2D eigenvalue weighted by atomic mass is 19.1. The normalized spacial score (nSPS) is 14.4. The first kappa shape index (κ1) is 19.6. The fraction of sp³-hybridized carbons (Fsp3) is 0.333. The molecule has 0 unspecified atom stereocenters. The smallest absolute Gasteiger partial charge is 0.260 e. The van der Waals surface area contributed by atoms with E-state index in [0.717, 1.165) is 5.56 Å². The van der Waals surface area contributed by atoms with E-state index in [-0.39, 0.29) is 18.3 Å². The molecule has 0 N–H and O–H groups in total. The summed E-state index contributed by atoms with van der Waals surface area (Å²) in [6.07, 6.45) is 0. The molecule has 0 aromatic heterocycles. The van der Waals surface area contributed by atoms with Crippen LogP contribution in [-0.4, -0.2) is 55.6 Å². The summed E-state index contributed by atoms with van der Waals surface area (Å²) in [6.45, 7) is 3.11. The zero-order valence-electron chi connectivity index (χ0n) is 15.7. The molecule has 0 aliphatic carbocycles. The van der Waals surface area contributed by atoms with Crippen LogP contribution in [0, 0.1) is 17.1 Å². The maximum atomic E-state index is 13.5. The summed E-state index contributed by atoms with van der Waals surface area (Å²) in [7, 11) is 1.57. The summed E-state index contributed by atoms with van der Waals surface area (Å²) in [5.41, 5.74) is 1.34. The van der Waals surface area contributed by atoms with Crippen LogP contribution in [0.25, 0.3) is 0 Å². The highest BCUT2D eigenvalue weighted by molar-refractivity contribution is 5.77. The molecular formula is C21H22FN3O3. The molecule has 3 rings (SSSR count). The third-order valence-electron chi connectivity index (χ3n) is 4.71. The van der Waals surface area contributed by atoms with E-state index in [4.69, 9.17) is 14.7 Å². The molecule has 2 aromatic carbocycles. The van der Waals surface area contributed by atoms with E-state index in [1.54, 1.807) is 42.3 Å². The van der Waals surface area contributed by atoms with Crippen molar-refractivity contribution in [2.24, 2.45) is 0 Å². The topological polar surface area (TPSA) is 65.8 Å². The van der Waals surface area contributed by atoms with E-state index in [2.05, 4.69) is 4.90 Å². The second-order valence-electron chi connectivity index (χ2n) is 6.54. The minimum Gasteiger partial charge on any atom is -0.496 e. The van der Waals surface area contributed by atoms with Gasteiger partial charge < -0.3 is 14.4 Å². The largest absolute Gasteiger partial charge is 0.496 e. The molecule has 1 aliphatic rings. The van der Waals surface area contributed by atoms with Crippen molar-refractivity contribution < 1.29 is 18.7 Å². The van der Waals surface area contributed by atoms with Crippen LogP contribution < -0.4 is 9.47 Å². The van der Waals surface area contributed by atoms with E-state index in [9.17, 15) is 9.18 Å². The molecule has 0 atom stereocenters. The first-order chi connectivity index (χ1) is 13.6. The number of ether oxygens (including phenoxy) is 2. The van der Waals surface area contributed by atoms with Gasteiger partial charge in [0.05, 0.1) is 18.7 Å². The molecule has 0 spiro atoms. The number of hydrogen-bond acceptors (Lipinski definition) is 5. The molecular weight excluding hydrogens is 361 g/mol. The van der Waals surface area contributed by atoms with Crippen molar-refractivity contribution in [3.8, 4) is 17.6 Å². The van der Waals surface area contributed by atoms with Crippen LogP contribution >= 0.6 is 0 Å². The quantitative estimate of drug-likeness (QED) is 0.767. The highest BCUT2D eigenvalue weighted by Gasteiger charge is 2.22. The Morgan fingerprint density at radius 2 is 1.86 bits per heavy atom. The van der Waals surface area contributed by atoms with Crippen LogP contribution in [-0.2, 0) is 11.3 Å². The fourth-order valence-corrected chi connectivity index (χ4v) is 3.13. The van der Waals surface area contributed by atoms with Crippen LogP contribution in [0.1, 0.15) is 11.1 Å². The lowest BCUT2D eigenvalue weighted by atomic mass is 10.1. The maximum Gasteiger partial charge on any atom is 0.260 e. The molecule has 6 nitrogen and oxygen atoms in total. The number of piperazine rings is 1. The van der Waals surface area contributed by atoms with Gasteiger partial charge in [-0.3, -0.25) is 9.69 Å². The van der Waals surface area contributed by atoms with Crippen LogP contribution in [0.5, 0.6) is 11.5 Å². The molecule has 0 bridgehead atoms. The van der Waals surface area contributed by atoms with Gasteiger partial charge in [0.2, 0.25) is 0 Å². The Balaban J connectivity index is 1.47. The first-order valence-electron chi connectivity index (χ1n) is 9.04. The minimum atomic E-state index is -0.287. The van der Waals surface area contributed by atoms with Gasteiger partial charge in [0, 0.05) is 38.3 Å². The minimum absolute atomic E-state index is 0.0381. The van der Waals surface area contributed by atoms with Crippen molar-refractivity contribution >= 4 is 5.91 Å². The number of nitrogens with zero attached hydrogens (tertiary/aromatic N) is 3. The molecule has 7 heteroatoms. The van der Waals surface area contributed by atoms with Crippen molar-refractivity contribution in [1.29, 1.82) is 5.26 Å². The van der Waals surface area contributed by atoms with Gasteiger partial charge in [-0.2, -0.15) is 5.26 Å². The summed E-state index contributed by atoms with van der Waals surface area (Å²) in [5.74, 6) is 0.858. The summed E-state index contributed by atoms with van der Waals surface area (Å²) >= 11 is 0. The van der Waals surface area contributed by atoms with Gasteiger partial charge in [0.15, 0.2) is 6.61 Å². The van der Waals surface area contributed by atoms with Gasteiger partial charge in [-0.05, 0) is 42.5 Å². The Labute approximate surface area is 163 Å². The van der Waals surface area contributed by atoms with Gasteiger partial charge in [-0.25, -0.2) is 4.39 Å².